The first-order valence-corrected chi connectivity index (χ1v) is 13.1. The summed E-state index contributed by atoms with van der Waals surface area (Å²) < 4.78 is 32.5. The van der Waals surface area contributed by atoms with Crippen LogP contribution in [-0.2, 0) is 19.6 Å². The van der Waals surface area contributed by atoms with Gasteiger partial charge >= 0.3 is 5.97 Å². The van der Waals surface area contributed by atoms with E-state index in [1.54, 1.807) is 12.1 Å². The third kappa shape index (κ3) is 4.70. The van der Waals surface area contributed by atoms with E-state index in [2.05, 4.69) is 4.90 Å². The number of hydrogen-bond acceptors (Lipinski definition) is 6. The van der Waals surface area contributed by atoms with Crippen molar-refractivity contribution in [3.05, 3.63) is 29.8 Å². The van der Waals surface area contributed by atoms with Gasteiger partial charge in [0.05, 0.1) is 17.6 Å². The molecular formula is C23H33N3O5S. The van der Waals surface area contributed by atoms with Crippen LogP contribution in [0.25, 0.3) is 0 Å². The predicted molar refractivity (Wildman–Crippen MR) is 120 cm³/mol. The van der Waals surface area contributed by atoms with Crippen molar-refractivity contribution in [2.45, 2.75) is 49.5 Å². The van der Waals surface area contributed by atoms with Crippen LogP contribution in [0.4, 0.5) is 0 Å². The fraction of sp³-hybridized carbons (Fsp3) is 0.652. The highest BCUT2D eigenvalue weighted by Gasteiger charge is 2.36. The zero-order chi connectivity index (χ0) is 22.7. The smallest absolute Gasteiger partial charge is 0.339 e. The lowest BCUT2D eigenvalue weighted by Crippen LogP contribution is -2.53. The first kappa shape index (κ1) is 23.2. The van der Waals surface area contributed by atoms with E-state index in [-0.39, 0.29) is 35.4 Å². The van der Waals surface area contributed by atoms with Crippen LogP contribution < -0.4 is 0 Å². The van der Waals surface area contributed by atoms with Crippen LogP contribution in [0.1, 0.15) is 48.9 Å². The molecule has 4 rings (SSSR count). The summed E-state index contributed by atoms with van der Waals surface area (Å²) in [7, 11) is -2.61. The van der Waals surface area contributed by atoms with Gasteiger partial charge in [0.2, 0.25) is 15.9 Å². The second-order valence-corrected chi connectivity index (χ2v) is 10.9. The topological polar surface area (TPSA) is 87.2 Å². The molecule has 0 bridgehead atoms. The predicted octanol–water partition coefficient (Wildman–Crippen LogP) is 1.96. The molecule has 0 unspecified atom stereocenters. The first-order chi connectivity index (χ1) is 15.4. The normalized spacial score (nSPS) is 22.2. The van der Waals surface area contributed by atoms with Crippen LogP contribution >= 0.6 is 0 Å². The summed E-state index contributed by atoms with van der Waals surface area (Å²) in [6.45, 7) is 3.95. The van der Waals surface area contributed by atoms with Gasteiger partial charge in [-0.05, 0) is 37.8 Å². The number of carbonyl (C=O) groups excluding carboxylic acids is 2. The number of ether oxygens (including phenoxy) is 1. The van der Waals surface area contributed by atoms with E-state index >= 15 is 0 Å². The number of carbonyl (C=O) groups is 2. The van der Waals surface area contributed by atoms with Gasteiger partial charge in [-0.3, -0.25) is 9.69 Å². The molecule has 0 aromatic heterocycles. The molecule has 3 fully saturated rings. The largest absolute Gasteiger partial charge is 0.465 e. The van der Waals surface area contributed by atoms with E-state index in [0.29, 0.717) is 18.9 Å². The first-order valence-electron chi connectivity index (χ1n) is 11.6. The van der Waals surface area contributed by atoms with Gasteiger partial charge in [0.25, 0.3) is 0 Å². The van der Waals surface area contributed by atoms with Crippen molar-refractivity contribution in [2.75, 3.05) is 46.4 Å². The van der Waals surface area contributed by atoms with E-state index in [1.165, 1.54) is 49.2 Å². The summed E-state index contributed by atoms with van der Waals surface area (Å²) in [6.07, 6.45) is 6.19. The molecule has 3 aliphatic rings. The Balaban J connectivity index is 1.34. The van der Waals surface area contributed by atoms with E-state index in [4.69, 9.17) is 4.74 Å². The van der Waals surface area contributed by atoms with Crippen LogP contribution in [0.15, 0.2) is 29.2 Å². The fourth-order valence-electron chi connectivity index (χ4n) is 5.29. The maximum atomic E-state index is 13.2. The summed E-state index contributed by atoms with van der Waals surface area (Å²) in [6, 6.07) is 6.79. The van der Waals surface area contributed by atoms with E-state index in [9.17, 15) is 18.0 Å². The lowest BCUT2D eigenvalue weighted by molar-refractivity contribution is -0.138. The van der Waals surface area contributed by atoms with Crippen molar-refractivity contribution in [3.63, 3.8) is 0 Å². The van der Waals surface area contributed by atoms with E-state index < -0.39 is 16.0 Å². The number of esters is 1. The quantitative estimate of drug-likeness (QED) is 0.621. The van der Waals surface area contributed by atoms with Crippen molar-refractivity contribution >= 4 is 21.9 Å². The van der Waals surface area contributed by atoms with Crippen LogP contribution in [0.2, 0.25) is 0 Å². The lowest BCUT2D eigenvalue weighted by atomic mass is 9.96. The fourth-order valence-corrected chi connectivity index (χ4v) is 6.94. The molecule has 0 N–H and O–H groups in total. The highest BCUT2D eigenvalue weighted by Crippen LogP contribution is 2.28. The van der Waals surface area contributed by atoms with Gasteiger partial charge in [-0.25, -0.2) is 13.2 Å². The van der Waals surface area contributed by atoms with Gasteiger partial charge in [0.1, 0.15) is 0 Å². The van der Waals surface area contributed by atoms with Gasteiger partial charge in [-0.1, -0.05) is 25.0 Å². The minimum atomic E-state index is -3.84. The third-order valence-corrected chi connectivity index (χ3v) is 9.14. The Labute approximate surface area is 190 Å². The molecule has 1 amide bonds. The van der Waals surface area contributed by atoms with Crippen LogP contribution in [-0.4, -0.2) is 86.8 Å². The number of amides is 1. The number of rotatable bonds is 5. The Hall–Kier alpha value is -1.97. The Morgan fingerprint density at radius 3 is 2.16 bits per heavy atom. The van der Waals surface area contributed by atoms with Crippen LogP contribution in [0.5, 0.6) is 0 Å². The Bertz CT molecular complexity index is 929. The molecule has 2 saturated heterocycles. The molecule has 176 valence electrons. The van der Waals surface area contributed by atoms with Gasteiger partial charge in [0, 0.05) is 51.2 Å². The number of piperidine rings is 1. The summed E-state index contributed by atoms with van der Waals surface area (Å²) in [5.74, 6) is -0.663. The van der Waals surface area contributed by atoms with Crippen molar-refractivity contribution in [1.82, 2.24) is 14.1 Å². The second-order valence-electron chi connectivity index (χ2n) is 8.97. The van der Waals surface area contributed by atoms with Crippen molar-refractivity contribution in [3.8, 4) is 0 Å². The molecule has 0 radical (unpaired) electrons. The average Bonchev–Trinajstić information content (AvgIpc) is 3.38. The Kier molecular flexibility index (Phi) is 7.17. The molecule has 32 heavy (non-hydrogen) atoms. The molecule has 8 nitrogen and oxygen atoms in total. The SMILES string of the molecule is COC(=O)c1ccccc1S(=O)(=O)N1CCC(C(=O)N2CCN(C3CCCC3)CC2)CC1. The van der Waals surface area contributed by atoms with Crippen LogP contribution in [0, 0.1) is 5.92 Å². The summed E-state index contributed by atoms with van der Waals surface area (Å²) in [5, 5.41) is 0. The summed E-state index contributed by atoms with van der Waals surface area (Å²) >= 11 is 0. The molecule has 1 aliphatic carbocycles. The number of nitrogens with zero attached hydrogens (tertiary/aromatic N) is 3. The maximum absolute atomic E-state index is 13.2. The molecule has 0 atom stereocenters. The minimum Gasteiger partial charge on any atom is -0.465 e. The van der Waals surface area contributed by atoms with Gasteiger partial charge in [0.15, 0.2) is 0 Å². The maximum Gasteiger partial charge on any atom is 0.339 e. The molecule has 9 heteroatoms. The number of piperazine rings is 1. The number of sulfonamides is 1. The summed E-state index contributed by atoms with van der Waals surface area (Å²) in [4.78, 5) is 29.6. The van der Waals surface area contributed by atoms with Crippen molar-refractivity contribution < 1.29 is 22.7 Å². The second kappa shape index (κ2) is 9.89. The summed E-state index contributed by atoms with van der Waals surface area (Å²) in [5.41, 5.74) is 0.0355. The lowest BCUT2D eigenvalue weighted by Gasteiger charge is -2.40. The monoisotopic (exact) mass is 463 g/mol. The highest BCUT2D eigenvalue weighted by atomic mass is 32.2. The highest BCUT2D eigenvalue weighted by molar-refractivity contribution is 7.89. The zero-order valence-corrected chi connectivity index (χ0v) is 19.6. The standard InChI is InChI=1S/C23H33N3O5S/c1-31-23(28)20-8-4-5-9-21(20)32(29,30)26-12-10-18(11-13-26)22(27)25-16-14-24(15-17-25)19-6-2-3-7-19/h4-5,8-9,18-19H,2-3,6-7,10-17H2,1H3. The Morgan fingerprint density at radius 1 is 0.906 bits per heavy atom. The number of methoxy groups -OCH3 is 1. The van der Waals surface area contributed by atoms with Crippen LogP contribution in [0.3, 0.4) is 0 Å². The van der Waals surface area contributed by atoms with Gasteiger partial charge in [-0.2, -0.15) is 4.31 Å². The molecular weight excluding hydrogens is 430 g/mol. The molecule has 2 aliphatic heterocycles. The number of benzene rings is 1. The molecule has 1 aromatic rings. The van der Waals surface area contributed by atoms with Crippen molar-refractivity contribution in [1.29, 1.82) is 0 Å². The average molecular weight is 464 g/mol. The molecule has 2 heterocycles. The zero-order valence-electron chi connectivity index (χ0n) is 18.7. The van der Waals surface area contributed by atoms with Gasteiger partial charge in [-0.15, -0.1) is 0 Å². The minimum absolute atomic E-state index is 0.0355. The molecule has 0 spiro atoms. The third-order valence-electron chi connectivity index (χ3n) is 7.18. The van der Waals surface area contributed by atoms with Gasteiger partial charge < -0.3 is 9.64 Å². The van der Waals surface area contributed by atoms with E-state index in [0.717, 1.165) is 26.2 Å². The Morgan fingerprint density at radius 2 is 1.53 bits per heavy atom. The molecule has 1 saturated carbocycles. The number of hydrogen-bond donors (Lipinski definition) is 0. The molecule has 1 aromatic carbocycles. The van der Waals surface area contributed by atoms with E-state index in [1.807, 2.05) is 4.90 Å². The van der Waals surface area contributed by atoms with Crippen molar-refractivity contribution in [2.24, 2.45) is 5.92 Å².